The summed E-state index contributed by atoms with van der Waals surface area (Å²) in [6.45, 7) is 0. The average molecular weight is 563 g/mol. The van der Waals surface area contributed by atoms with Crippen molar-refractivity contribution in [3.63, 3.8) is 0 Å². The molecule has 8 aromatic rings. The molecule has 0 spiro atoms. The van der Waals surface area contributed by atoms with E-state index in [0.717, 1.165) is 0 Å². The van der Waals surface area contributed by atoms with Gasteiger partial charge in [0.2, 0.25) is 0 Å². The molecule has 0 fully saturated rings. The highest BCUT2D eigenvalue weighted by atomic mass is 32.1. The summed E-state index contributed by atoms with van der Waals surface area (Å²) in [5.74, 6) is 0. The summed E-state index contributed by atoms with van der Waals surface area (Å²) in [5.41, 5.74) is 15.1. The van der Waals surface area contributed by atoms with E-state index in [0.29, 0.717) is 0 Å². The molecule has 1 aromatic heterocycles. The Morgan fingerprint density at radius 2 is 0.698 bits per heavy atom. The second-order valence-corrected chi connectivity index (χ2v) is 12.4. The molecule has 0 saturated heterocycles. The van der Waals surface area contributed by atoms with E-state index in [2.05, 4.69) is 158 Å². The lowest BCUT2D eigenvalue weighted by Gasteiger charge is -2.23. The molecule has 0 bridgehead atoms. The molecule has 1 heterocycles. The molecule has 0 aliphatic heterocycles. The van der Waals surface area contributed by atoms with Crippen LogP contribution in [0.1, 0.15) is 0 Å². The Bertz CT molecular complexity index is 2350. The van der Waals surface area contributed by atoms with Crippen LogP contribution in [0.25, 0.3) is 86.9 Å². The molecular weight excluding hydrogens is 537 g/mol. The molecular formula is C42H26S. The van der Waals surface area contributed by atoms with Gasteiger partial charge in [0, 0.05) is 20.2 Å². The van der Waals surface area contributed by atoms with Crippen LogP contribution >= 0.6 is 11.3 Å². The zero-order chi connectivity index (χ0) is 28.3. The summed E-state index contributed by atoms with van der Waals surface area (Å²) in [5, 5.41) is 2.67. The van der Waals surface area contributed by atoms with Crippen LogP contribution in [0.2, 0.25) is 0 Å². The zero-order valence-corrected chi connectivity index (χ0v) is 24.2. The van der Waals surface area contributed by atoms with Crippen LogP contribution in [0.15, 0.2) is 158 Å². The van der Waals surface area contributed by atoms with E-state index in [1.54, 1.807) is 0 Å². The van der Waals surface area contributed by atoms with Gasteiger partial charge in [0.15, 0.2) is 0 Å². The molecule has 1 aliphatic carbocycles. The monoisotopic (exact) mass is 562 g/mol. The molecule has 0 radical (unpaired) electrons. The third-order valence-electron chi connectivity index (χ3n) is 8.87. The van der Waals surface area contributed by atoms with Gasteiger partial charge < -0.3 is 0 Å². The van der Waals surface area contributed by atoms with Gasteiger partial charge in [-0.05, 0) is 97.1 Å². The Balaban J connectivity index is 1.22. The summed E-state index contributed by atoms with van der Waals surface area (Å²) in [6.07, 6.45) is 0. The van der Waals surface area contributed by atoms with Gasteiger partial charge in [0.05, 0.1) is 0 Å². The van der Waals surface area contributed by atoms with Crippen LogP contribution in [0, 0.1) is 0 Å². The molecule has 0 atom stereocenters. The minimum absolute atomic E-state index is 1.23. The molecule has 1 heteroatoms. The molecule has 0 nitrogen and oxygen atoms in total. The van der Waals surface area contributed by atoms with Gasteiger partial charge in [-0.1, -0.05) is 127 Å². The van der Waals surface area contributed by atoms with Crippen molar-refractivity contribution >= 4 is 31.5 Å². The van der Waals surface area contributed by atoms with Gasteiger partial charge in [0.25, 0.3) is 0 Å². The molecule has 0 N–H and O–H groups in total. The Kier molecular flexibility index (Phi) is 5.47. The Morgan fingerprint density at radius 1 is 0.256 bits per heavy atom. The number of benzene rings is 7. The topological polar surface area (TPSA) is 0 Å². The number of hydrogen-bond acceptors (Lipinski definition) is 1. The summed E-state index contributed by atoms with van der Waals surface area (Å²) in [6, 6.07) is 58.2. The van der Waals surface area contributed by atoms with E-state index in [9.17, 15) is 0 Å². The first-order valence-electron chi connectivity index (χ1n) is 14.8. The smallest absolute Gasteiger partial charge is 0.0355 e. The van der Waals surface area contributed by atoms with Crippen LogP contribution < -0.4 is 0 Å². The van der Waals surface area contributed by atoms with Crippen molar-refractivity contribution in [1.82, 2.24) is 0 Å². The fraction of sp³-hybridized carbons (Fsp3) is 0. The lowest BCUT2D eigenvalue weighted by Crippen LogP contribution is -1.97. The number of fused-ring (bicyclic) bond motifs is 11. The highest BCUT2D eigenvalue weighted by molar-refractivity contribution is 7.25. The van der Waals surface area contributed by atoms with Crippen LogP contribution in [0.5, 0.6) is 0 Å². The van der Waals surface area contributed by atoms with Crippen molar-refractivity contribution < 1.29 is 0 Å². The maximum absolute atomic E-state index is 2.40. The fourth-order valence-corrected chi connectivity index (χ4v) is 7.91. The molecule has 0 amide bonds. The normalized spacial score (nSPS) is 11.7. The quantitative estimate of drug-likeness (QED) is 0.197. The zero-order valence-electron chi connectivity index (χ0n) is 23.4. The highest BCUT2D eigenvalue weighted by Crippen LogP contribution is 2.48. The van der Waals surface area contributed by atoms with Gasteiger partial charge in [-0.2, -0.15) is 0 Å². The van der Waals surface area contributed by atoms with Gasteiger partial charge in [-0.15, -0.1) is 11.3 Å². The number of thiophene rings is 1. The van der Waals surface area contributed by atoms with Crippen molar-refractivity contribution in [1.29, 1.82) is 0 Å². The minimum atomic E-state index is 1.23. The second-order valence-electron chi connectivity index (χ2n) is 11.3. The van der Waals surface area contributed by atoms with Crippen molar-refractivity contribution in [2.75, 3.05) is 0 Å². The van der Waals surface area contributed by atoms with Crippen LogP contribution in [-0.4, -0.2) is 0 Å². The molecule has 200 valence electrons. The van der Waals surface area contributed by atoms with E-state index >= 15 is 0 Å². The fourth-order valence-electron chi connectivity index (χ4n) is 6.82. The molecule has 0 saturated carbocycles. The Morgan fingerprint density at radius 3 is 1.33 bits per heavy atom. The van der Waals surface area contributed by atoms with E-state index < -0.39 is 0 Å². The first kappa shape index (κ1) is 24.4. The summed E-state index contributed by atoms with van der Waals surface area (Å²) in [4.78, 5) is 0. The van der Waals surface area contributed by atoms with E-state index in [1.165, 1.54) is 86.9 Å². The average Bonchev–Trinajstić information content (AvgIpc) is 3.46. The molecule has 43 heavy (non-hydrogen) atoms. The third kappa shape index (κ3) is 3.90. The lowest BCUT2D eigenvalue weighted by atomic mass is 9.80. The Labute approximate surface area is 255 Å². The van der Waals surface area contributed by atoms with Crippen LogP contribution in [-0.2, 0) is 0 Å². The predicted molar refractivity (Wildman–Crippen MR) is 186 cm³/mol. The molecule has 9 rings (SSSR count). The Hall–Kier alpha value is -5.24. The van der Waals surface area contributed by atoms with Crippen molar-refractivity contribution in [2.45, 2.75) is 0 Å². The second kappa shape index (κ2) is 9.66. The van der Waals surface area contributed by atoms with Crippen molar-refractivity contribution in [3.8, 4) is 66.8 Å². The molecule has 1 aliphatic rings. The summed E-state index contributed by atoms with van der Waals surface area (Å²) in [7, 11) is 0. The molecule has 7 aromatic carbocycles. The number of rotatable bonds is 2. The van der Waals surface area contributed by atoms with E-state index in [4.69, 9.17) is 0 Å². The van der Waals surface area contributed by atoms with Gasteiger partial charge >= 0.3 is 0 Å². The van der Waals surface area contributed by atoms with Crippen molar-refractivity contribution in [3.05, 3.63) is 158 Å². The summed E-state index contributed by atoms with van der Waals surface area (Å²) < 4.78 is 2.68. The van der Waals surface area contributed by atoms with Gasteiger partial charge in [0.1, 0.15) is 0 Å². The minimum Gasteiger partial charge on any atom is -0.135 e. The van der Waals surface area contributed by atoms with Gasteiger partial charge in [-0.3, -0.25) is 0 Å². The molecule has 0 unspecified atom stereocenters. The SMILES string of the molecule is c1cc(-c2ccc3c(c2)-c2ccccc2-c2ccccc2-c2ccccc2-3)cc(-c2ccc3sc4ccccc4c3c2)c1. The van der Waals surface area contributed by atoms with Gasteiger partial charge in [-0.25, -0.2) is 0 Å². The lowest BCUT2D eigenvalue weighted by molar-refractivity contribution is 1.51. The maximum atomic E-state index is 2.40. The first-order chi connectivity index (χ1) is 21.3. The largest absolute Gasteiger partial charge is 0.135 e. The summed E-state index contributed by atoms with van der Waals surface area (Å²) >= 11 is 1.87. The van der Waals surface area contributed by atoms with E-state index in [1.807, 2.05) is 11.3 Å². The first-order valence-corrected chi connectivity index (χ1v) is 15.6. The standard InChI is InChI=1S/C42H26S/c1-2-13-32-31(12-1)33-14-3-4-16-35(33)37-22-20-29(25-39(37)36-17-6-5-15-34(32)36)27-10-9-11-28(24-27)30-21-23-42-40(26-30)38-18-7-8-19-41(38)43-42/h1-26H. The highest BCUT2D eigenvalue weighted by Gasteiger charge is 2.21. The van der Waals surface area contributed by atoms with Crippen LogP contribution in [0.4, 0.5) is 0 Å². The predicted octanol–water partition coefficient (Wildman–Crippen LogP) is 12.4. The van der Waals surface area contributed by atoms with Crippen molar-refractivity contribution in [2.24, 2.45) is 0 Å². The maximum Gasteiger partial charge on any atom is 0.0355 e. The number of hydrogen-bond donors (Lipinski definition) is 0. The third-order valence-corrected chi connectivity index (χ3v) is 10.0. The van der Waals surface area contributed by atoms with E-state index in [-0.39, 0.29) is 0 Å². The van der Waals surface area contributed by atoms with Crippen LogP contribution in [0.3, 0.4) is 0 Å².